The van der Waals surface area contributed by atoms with Gasteiger partial charge >= 0.3 is 0 Å². The highest BCUT2D eigenvalue weighted by Crippen LogP contribution is 2.31. The van der Waals surface area contributed by atoms with Crippen molar-refractivity contribution in [3.63, 3.8) is 0 Å². The van der Waals surface area contributed by atoms with Crippen LogP contribution in [-0.2, 0) is 9.59 Å². The summed E-state index contributed by atoms with van der Waals surface area (Å²) >= 11 is 0. The lowest BCUT2D eigenvalue weighted by molar-refractivity contribution is -0.133. The number of benzene rings is 1. The van der Waals surface area contributed by atoms with Crippen LogP contribution < -0.4 is 10.2 Å². The molecular formula is C22H27N5O2. The number of nitrogens with one attached hydrogen (secondary N) is 1. The van der Waals surface area contributed by atoms with Gasteiger partial charge in [0.05, 0.1) is 17.6 Å². The molecule has 3 rings (SSSR count). The second-order valence-electron chi connectivity index (χ2n) is 7.28. The van der Waals surface area contributed by atoms with Gasteiger partial charge in [-0.3, -0.25) is 24.8 Å². The molecule has 2 aromatic rings. The second-order valence-corrected chi connectivity index (χ2v) is 7.28. The van der Waals surface area contributed by atoms with Crippen molar-refractivity contribution in [2.75, 3.05) is 37.6 Å². The number of carbonyl (C=O) groups is 2. The zero-order valence-corrected chi connectivity index (χ0v) is 17.0. The summed E-state index contributed by atoms with van der Waals surface area (Å²) in [4.78, 5) is 33.2. The third-order valence-electron chi connectivity index (χ3n) is 5.60. The maximum absolute atomic E-state index is 12.5. The van der Waals surface area contributed by atoms with Crippen LogP contribution in [0.2, 0.25) is 0 Å². The number of hydrogen-bond acceptors (Lipinski definition) is 6. The van der Waals surface area contributed by atoms with Gasteiger partial charge in [-0.15, -0.1) is 0 Å². The first-order chi connectivity index (χ1) is 14.1. The maximum Gasteiger partial charge on any atom is 0.240 e. The molecule has 1 aromatic heterocycles. The first-order valence-electron chi connectivity index (χ1n) is 10.2. The monoisotopic (exact) mass is 393 g/mol. The van der Waals surface area contributed by atoms with E-state index in [2.05, 4.69) is 21.3 Å². The summed E-state index contributed by atoms with van der Waals surface area (Å²) in [5, 5.41) is 12.8. The Bertz CT molecular complexity index is 924. The van der Waals surface area contributed by atoms with Crippen molar-refractivity contribution in [3.8, 4) is 6.07 Å². The maximum atomic E-state index is 12.5. The molecule has 2 heterocycles. The summed E-state index contributed by atoms with van der Waals surface area (Å²) in [7, 11) is 0. The molecule has 1 fully saturated rings. The van der Waals surface area contributed by atoms with Crippen molar-refractivity contribution >= 4 is 28.4 Å². The molecule has 0 spiro atoms. The zero-order chi connectivity index (χ0) is 20.8. The van der Waals surface area contributed by atoms with E-state index in [1.807, 2.05) is 36.9 Å². The van der Waals surface area contributed by atoms with Gasteiger partial charge in [0.1, 0.15) is 6.07 Å². The van der Waals surface area contributed by atoms with E-state index in [1.165, 1.54) is 0 Å². The fraction of sp³-hybridized carbons (Fsp3) is 0.455. The molecule has 152 valence electrons. The van der Waals surface area contributed by atoms with Gasteiger partial charge in [-0.05, 0) is 50.2 Å². The molecular weight excluding hydrogens is 366 g/mol. The fourth-order valence-corrected chi connectivity index (χ4v) is 3.84. The van der Waals surface area contributed by atoms with Crippen LogP contribution in [-0.4, -0.2) is 54.4 Å². The molecule has 1 aliphatic heterocycles. The Labute approximate surface area is 171 Å². The van der Waals surface area contributed by atoms with E-state index in [-0.39, 0.29) is 24.3 Å². The van der Waals surface area contributed by atoms with E-state index in [4.69, 9.17) is 0 Å². The summed E-state index contributed by atoms with van der Waals surface area (Å²) in [6.45, 7) is 7.25. The van der Waals surface area contributed by atoms with E-state index in [0.29, 0.717) is 23.9 Å². The van der Waals surface area contributed by atoms with Crippen molar-refractivity contribution in [3.05, 3.63) is 36.0 Å². The van der Waals surface area contributed by atoms with Crippen LogP contribution in [0.3, 0.4) is 0 Å². The molecule has 2 amide bonds. The minimum atomic E-state index is -0.231. The van der Waals surface area contributed by atoms with Crippen LogP contribution in [0.15, 0.2) is 30.5 Å². The van der Waals surface area contributed by atoms with E-state index >= 15 is 0 Å². The lowest BCUT2D eigenvalue weighted by Crippen LogP contribution is -2.45. The minimum Gasteiger partial charge on any atom is -0.371 e. The Morgan fingerprint density at radius 3 is 2.62 bits per heavy atom. The Hall–Kier alpha value is -2.98. The van der Waals surface area contributed by atoms with Gasteiger partial charge in [-0.25, -0.2) is 0 Å². The number of nitriles is 1. The van der Waals surface area contributed by atoms with Gasteiger partial charge in [-0.2, -0.15) is 5.26 Å². The normalized spacial score (nSPS) is 14.8. The topological polar surface area (TPSA) is 89.3 Å². The number of rotatable bonds is 6. The molecule has 0 unspecified atom stereocenters. The van der Waals surface area contributed by atoms with Gasteiger partial charge in [0.2, 0.25) is 11.8 Å². The van der Waals surface area contributed by atoms with Crippen molar-refractivity contribution in [2.24, 2.45) is 5.92 Å². The predicted molar refractivity (Wildman–Crippen MR) is 112 cm³/mol. The molecule has 7 heteroatoms. The van der Waals surface area contributed by atoms with E-state index in [1.54, 1.807) is 12.3 Å². The average molecular weight is 393 g/mol. The highest BCUT2D eigenvalue weighted by atomic mass is 16.2. The molecule has 0 atom stereocenters. The number of pyridine rings is 1. The van der Waals surface area contributed by atoms with Gasteiger partial charge < -0.3 is 4.90 Å². The molecule has 0 saturated carbocycles. The number of carbonyl (C=O) groups excluding carboxylic acids is 2. The summed E-state index contributed by atoms with van der Waals surface area (Å²) < 4.78 is 0. The first-order valence-corrected chi connectivity index (χ1v) is 10.2. The Morgan fingerprint density at radius 1 is 1.24 bits per heavy atom. The zero-order valence-electron chi connectivity index (χ0n) is 17.0. The number of nitrogens with zero attached hydrogens (tertiary/aromatic N) is 4. The molecule has 1 saturated heterocycles. The van der Waals surface area contributed by atoms with Crippen molar-refractivity contribution in [1.29, 1.82) is 5.26 Å². The number of aromatic nitrogens is 1. The Kier molecular flexibility index (Phi) is 6.78. The molecule has 0 aliphatic carbocycles. The summed E-state index contributed by atoms with van der Waals surface area (Å²) in [5.41, 5.74) is 2.29. The van der Waals surface area contributed by atoms with Crippen molar-refractivity contribution < 1.29 is 9.59 Å². The quantitative estimate of drug-likeness (QED) is 0.810. The Morgan fingerprint density at radius 2 is 1.97 bits per heavy atom. The van der Waals surface area contributed by atoms with Crippen LogP contribution in [0.25, 0.3) is 10.9 Å². The van der Waals surface area contributed by atoms with Gasteiger partial charge in [-0.1, -0.05) is 13.8 Å². The number of likely N-dealkylation sites (N-methyl/N-ethyl adjacent to an activating group) is 1. The third kappa shape index (κ3) is 4.72. The molecule has 0 bridgehead atoms. The number of piperidine rings is 1. The SMILES string of the molecule is CCN(CC)CC(=O)NC(=O)C1CCN(c2ccc(C#N)c3ncccc23)CC1. The molecule has 1 aromatic carbocycles. The van der Waals surface area contributed by atoms with E-state index < -0.39 is 0 Å². The summed E-state index contributed by atoms with van der Waals surface area (Å²) in [6.07, 6.45) is 3.07. The van der Waals surface area contributed by atoms with E-state index in [9.17, 15) is 14.9 Å². The van der Waals surface area contributed by atoms with Crippen LogP contribution in [0.4, 0.5) is 5.69 Å². The van der Waals surface area contributed by atoms with Gasteiger partial charge in [0.25, 0.3) is 0 Å². The third-order valence-corrected chi connectivity index (χ3v) is 5.60. The molecule has 7 nitrogen and oxygen atoms in total. The number of anilines is 1. The molecule has 1 N–H and O–H groups in total. The second kappa shape index (κ2) is 9.48. The summed E-state index contributed by atoms with van der Waals surface area (Å²) in [5.74, 6) is -0.562. The van der Waals surface area contributed by atoms with E-state index in [0.717, 1.165) is 37.3 Å². The lowest BCUT2D eigenvalue weighted by atomic mass is 9.95. The van der Waals surface area contributed by atoms with Crippen LogP contribution in [0.1, 0.15) is 32.3 Å². The van der Waals surface area contributed by atoms with Crippen molar-refractivity contribution in [1.82, 2.24) is 15.2 Å². The van der Waals surface area contributed by atoms with Crippen LogP contribution in [0, 0.1) is 17.2 Å². The summed E-state index contributed by atoms with van der Waals surface area (Å²) in [6, 6.07) is 9.79. The first kappa shape index (κ1) is 20.7. The van der Waals surface area contributed by atoms with Crippen molar-refractivity contribution in [2.45, 2.75) is 26.7 Å². The number of imide groups is 1. The average Bonchev–Trinajstić information content (AvgIpc) is 2.76. The van der Waals surface area contributed by atoms with Crippen LogP contribution in [0.5, 0.6) is 0 Å². The Balaban J connectivity index is 1.63. The standard InChI is InChI=1S/C22H27N5O2/c1-3-26(4-2)15-20(28)25-22(29)16-9-12-27(13-10-16)19-8-7-17(14-23)21-18(19)6-5-11-24-21/h5-8,11,16H,3-4,9-10,12-13,15H2,1-2H3,(H,25,28,29). The smallest absolute Gasteiger partial charge is 0.240 e. The molecule has 29 heavy (non-hydrogen) atoms. The number of hydrogen-bond donors (Lipinski definition) is 1. The highest BCUT2D eigenvalue weighted by molar-refractivity contribution is 5.98. The minimum absolute atomic E-state index is 0.158. The van der Waals surface area contributed by atoms with Crippen LogP contribution >= 0.6 is 0 Å². The van der Waals surface area contributed by atoms with Gasteiger partial charge in [0, 0.05) is 36.3 Å². The highest BCUT2D eigenvalue weighted by Gasteiger charge is 2.27. The molecule has 1 aliphatic rings. The largest absolute Gasteiger partial charge is 0.371 e. The number of fused-ring (bicyclic) bond motifs is 1. The van der Waals surface area contributed by atoms with Gasteiger partial charge in [0.15, 0.2) is 0 Å². The lowest BCUT2D eigenvalue weighted by Gasteiger charge is -2.33. The number of amides is 2. The fourth-order valence-electron chi connectivity index (χ4n) is 3.84. The predicted octanol–water partition coefficient (Wildman–Crippen LogP) is 2.31. The molecule has 0 radical (unpaired) electrons.